The van der Waals surface area contributed by atoms with E-state index in [0.717, 1.165) is 37.8 Å². The van der Waals surface area contributed by atoms with Crippen molar-refractivity contribution in [2.24, 2.45) is 17.8 Å². The lowest BCUT2D eigenvalue weighted by molar-refractivity contribution is 0.248. The number of hydrogen-bond donors (Lipinski definition) is 2. The summed E-state index contributed by atoms with van der Waals surface area (Å²) in [6, 6.07) is 0. The third-order valence-corrected chi connectivity index (χ3v) is 3.87. The molecule has 3 unspecified atom stereocenters. The Balaban J connectivity index is 2.20. The summed E-state index contributed by atoms with van der Waals surface area (Å²) in [5, 5.41) is 12.5. The molecule has 0 aromatic heterocycles. The van der Waals surface area contributed by atoms with E-state index in [4.69, 9.17) is 5.11 Å². The van der Waals surface area contributed by atoms with Crippen LogP contribution in [0.25, 0.3) is 0 Å². The average molecular weight is 239 g/mol. The van der Waals surface area contributed by atoms with Gasteiger partial charge in [0.05, 0.1) is 0 Å². The molecule has 0 amide bonds. The number of allylic oxidation sites excluding steroid dienone is 2. The zero-order valence-corrected chi connectivity index (χ0v) is 11.7. The molecule has 0 aliphatic heterocycles. The zero-order chi connectivity index (χ0) is 12.7. The number of nitrogens with one attached hydrogen (secondary N) is 1. The standard InChI is InChI=1S/C15H29NO/c1-4-14(5-6-17)10-16-11-15-8-12(2)7-13(3)9-15/h7,12,14-17H,4-6,8-11H2,1-3H3. The smallest absolute Gasteiger partial charge is 0.0434 e. The first kappa shape index (κ1) is 14.7. The summed E-state index contributed by atoms with van der Waals surface area (Å²) in [6.07, 6.45) is 7.09. The highest BCUT2D eigenvalue weighted by Gasteiger charge is 2.17. The van der Waals surface area contributed by atoms with Crippen LogP contribution in [0, 0.1) is 17.8 Å². The maximum atomic E-state index is 8.95. The van der Waals surface area contributed by atoms with Gasteiger partial charge in [-0.3, -0.25) is 0 Å². The predicted octanol–water partition coefficient (Wildman–Crippen LogP) is 2.98. The van der Waals surface area contributed by atoms with Crippen LogP contribution in [0.1, 0.15) is 46.5 Å². The molecule has 2 N–H and O–H groups in total. The van der Waals surface area contributed by atoms with Gasteiger partial charge in [-0.2, -0.15) is 0 Å². The monoisotopic (exact) mass is 239 g/mol. The van der Waals surface area contributed by atoms with Crippen LogP contribution in [0.2, 0.25) is 0 Å². The number of rotatable bonds is 7. The van der Waals surface area contributed by atoms with Crippen molar-refractivity contribution in [2.45, 2.75) is 46.5 Å². The van der Waals surface area contributed by atoms with Crippen LogP contribution in [0.3, 0.4) is 0 Å². The van der Waals surface area contributed by atoms with Crippen molar-refractivity contribution >= 4 is 0 Å². The summed E-state index contributed by atoms with van der Waals surface area (Å²) < 4.78 is 0. The molecule has 17 heavy (non-hydrogen) atoms. The lowest BCUT2D eigenvalue weighted by Crippen LogP contribution is -2.30. The Morgan fingerprint density at radius 1 is 1.53 bits per heavy atom. The summed E-state index contributed by atoms with van der Waals surface area (Å²) in [4.78, 5) is 0. The summed E-state index contributed by atoms with van der Waals surface area (Å²) in [7, 11) is 0. The van der Waals surface area contributed by atoms with E-state index in [-0.39, 0.29) is 0 Å². The van der Waals surface area contributed by atoms with Gasteiger partial charge in [0.1, 0.15) is 0 Å². The molecule has 100 valence electrons. The third-order valence-electron chi connectivity index (χ3n) is 3.87. The number of hydrogen-bond acceptors (Lipinski definition) is 2. The molecule has 2 nitrogen and oxygen atoms in total. The fraction of sp³-hybridized carbons (Fsp3) is 0.867. The van der Waals surface area contributed by atoms with Crippen LogP contribution < -0.4 is 5.32 Å². The minimum Gasteiger partial charge on any atom is -0.396 e. The van der Waals surface area contributed by atoms with Gasteiger partial charge in [-0.25, -0.2) is 0 Å². The second-order valence-electron chi connectivity index (χ2n) is 5.74. The van der Waals surface area contributed by atoms with Gasteiger partial charge in [0, 0.05) is 6.61 Å². The van der Waals surface area contributed by atoms with Gasteiger partial charge in [0.15, 0.2) is 0 Å². The van der Waals surface area contributed by atoms with Gasteiger partial charge in [-0.15, -0.1) is 0 Å². The molecule has 0 bridgehead atoms. The largest absolute Gasteiger partial charge is 0.396 e. The first-order valence-electron chi connectivity index (χ1n) is 7.14. The summed E-state index contributed by atoms with van der Waals surface area (Å²) >= 11 is 0. The lowest BCUT2D eigenvalue weighted by Gasteiger charge is -2.26. The maximum Gasteiger partial charge on any atom is 0.0434 e. The molecule has 0 saturated heterocycles. The molecule has 0 radical (unpaired) electrons. The van der Waals surface area contributed by atoms with Crippen molar-refractivity contribution in [1.29, 1.82) is 0 Å². The highest BCUT2D eigenvalue weighted by molar-refractivity contribution is 5.06. The van der Waals surface area contributed by atoms with E-state index >= 15 is 0 Å². The second kappa shape index (κ2) is 7.88. The fourth-order valence-corrected chi connectivity index (χ4v) is 2.97. The lowest BCUT2D eigenvalue weighted by atomic mass is 9.83. The Hall–Kier alpha value is -0.340. The van der Waals surface area contributed by atoms with Crippen molar-refractivity contribution in [3.05, 3.63) is 11.6 Å². The quantitative estimate of drug-likeness (QED) is 0.669. The number of aliphatic hydroxyl groups is 1. The molecule has 0 spiro atoms. The molecular weight excluding hydrogens is 210 g/mol. The van der Waals surface area contributed by atoms with Crippen molar-refractivity contribution < 1.29 is 5.11 Å². The molecule has 0 fully saturated rings. The van der Waals surface area contributed by atoms with Gasteiger partial charge in [-0.05, 0) is 57.0 Å². The van der Waals surface area contributed by atoms with Gasteiger partial charge in [0.25, 0.3) is 0 Å². The van der Waals surface area contributed by atoms with E-state index in [1.165, 1.54) is 12.8 Å². The topological polar surface area (TPSA) is 32.3 Å². The molecule has 0 saturated carbocycles. The van der Waals surface area contributed by atoms with Crippen molar-refractivity contribution in [1.82, 2.24) is 5.32 Å². The molecule has 1 rings (SSSR count). The molecule has 1 aliphatic carbocycles. The Labute approximate surface area is 106 Å². The van der Waals surface area contributed by atoms with Crippen LogP contribution in [0.15, 0.2) is 11.6 Å². The zero-order valence-electron chi connectivity index (χ0n) is 11.7. The van der Waals surface area contributed by atoms with Gasteiger partial charge in [0.2, 0.25) is 0 Å². The van der Waals surface area contributed by atoms with Crippen LogP contribution in [0.5, 0.6) is 0 Å². The molecular formula is C15H29NO. The minimum absolute atomic E-state index is 0.322. The molecule has 1 aliphatic rings. The van der Waals surface area contributed by atoms with Crippen molar-refractivity contribution in [3.8, 4) is 0 Å². The first-order valence-corrected chi connectivity index (χ1v) is 7.14. The van der Waals surface area contributed by atoms with Gasteiger partial charge >= 0.3 is 0 Å². The highest BCUT2D eigenvalue weighted by Crippen LogP contribution is 2.27. The second-order valence-corrected chi connectivity index (χ2v) is 5.74. The molecule has 0 aromatic rings. The number of aliphatic hydroxyl groups excluding tert-OH is 1. The Bertz CT molecular complexity index is 237. The van der Waals surface area contributed by atoms with Crippen LogP contribution in [-0.4, -0.2) is 24.8 Å². The van der Waals surface area contributed by atoms with E-state index in [1.807, 2.05) is 0 Å². The van der Waals surface area contributed by atoms with Crippen LogP contribution in [0.4, 0.5) is 0 Å². The SMILES string of the molecule is CCC(CCO)CNCC1CC(C)=CC(C)C1. The maximum absolute atomic E-state index is 8.95. The molecule has 0 heterocycles. The van der Waals surface area contributed by atoms with Gasteiger partial charge in [-0.1, -0.05) is 31.9 Å². The summed E-state index contributed by atoms with van der Waals surface area (Å²) in [5.74, 6) is 2.19. The third kappa shape index (κ3) is 5.69. The highest BCUT2D eigenvalue weighted by atomic mass is 16.3. The summed E-state index contributed by atoms with van der Waals surface area (Å²) in [5.41, 5.74) is 1.55. The van der Waals surface area contributed by atoms with E-state index in [9.17, 15) is 0 Å². The van der Waals surface area contributed by atoms with Crippen molar-refractivity contribution in [3.63, 3.8) is 0 Å². The molecule has 0 aromatic carbocycles. The fourth-order valence-electron chi connectivity index (χ4n) is 2.97. The Morgan fingerprint density at radius 3 is 2.88 bits per heavy atom. The van der Waals surface area contributed by atoms with E-state index < -0.39 is 0 Å². The van der Waals surface area contributed by atoms with E-state index in [0.29, 0.717) is 12.5 Å². The van der Waals surface area contributed by atoms with E-state index in [2.05, 4.69) is 32.2 Å². The summed E-state index contributed by atoms with van der Waals surface area (Å²) in [6.45, 7) is 9.29. The van der Waals surface area contributed by atoms with Crippen LogP contribution >= 0.6 is 0 Å². The predicted molar refractivity (Wildman–Crippen MR) is 74.0 cm³/mol. The molecule has 3 atom stereocenters. The van der Waals surface area contributed by atoms with Crippen molar-refractivity contribution in [2.75, 3.05) is 19.7 Å². The molecule has 2 heteroatoms. The van der Waals surface area contributed by atoms with Crippen LogP contribution in [-0.2, 0) is 0 Å². The average Bonchev–Trinajstić information content (AvgIpc) is 2.26. The Morgan fingerprint density at radius 2 is 2.29 bits per heavy atom. The first-order chi connectivity index (χ1) is 8.15. The minimum atomic E-state index is 0.322. The van der Waals surface area contributed by atoms with E-state index in [1.54, 1.807) is 5.57 Å². The Kier molecular flexibility index (Phi) is 6.83. The normalized spacial score (nSPS) is 26.7. The van der Waals surface area contributed by atoms with Gasteiger partial charge < -0.3 is 10.4 Å².